The van der Waals surface area contributed by atoms with Crippen molar-refractivity contribution in [3.8, 4) is 0 Å². The highest BCUT2D eigenvalue weighted by Gasteiger charge is 2.34. The van der Waals surface area contributed by atoms with E-state index in [-0.39, 0.29) is 18.5 Å². The van der Waals surface area contributed by atoms with Crippen molar-refractivity contribution in [2.45, 2.75) is 19.4 Å². The molecule has 0 aliphatic carbocycles. The van der Waals surface area contributed by atoms with Gasteiger partial charge in [-0.3, -0.25) is 14.5 Å². The number of carbonyl (C=O) groups is 2. The van der Waals surface area contributed by atoms with Crippen LogP contribution in [0.1, 0.15) is 13.3 Å². The summed E-state index contributed by atoms with van der Waals surface area (Å²) in [6.07, 6.45) is 0.796. The summed E-state index contributed by atoms with van der Waals surface area (Å²) in [4.78, 5) is 26.6. The van der Waals surface area contributed by atoms with E-state index < -0.39 is 11.9 Å². The first-order chi connectivity index (χ1) is 8.47. The van der Waals surface area contributed by atoms with E-state index in [0.29, 0.717) is 19.7 Å². The Kier molecular flexibility index (Phi) is 5.55. The second-order valence-electron chi connectivity index (χ2n) is 4.77. The van der Waals surface area contributed by atoms with Gasteiger partial charge in [0.2, 0.25) is 5.91 Å². The van der Waals surface area contributed by atoms with Crippen molar-refractivity contribution in [1.82, 2.24) is 9.80 Å². The van der Waals surface area contributed by atoms with Gasteiger partial charge in [-0.2, -0.15) is 0 Å². The number of rotatable bonds is 5. The van der Waals surface area contributed by atoms with Crippen LogP contribution in [0, 0.1) is 5.92 Å². The van der Waals surface area contributed by atoms with Gasteiger partial charge in [0, 0.05) is 40.4 Å². The molecule has 1 heterocycles. The third kappa shape index (κ3) is 3.68. The number of aliphatic carboxylic acids is 1. The smallest absolute Gasteiger partial charge is 0.309 e. The van der Waals surface area contributed by atoms with Crippen molar-refractivity contribution >= 4 is 11.9 Å². The second-order valence-corrected chi connectivity index (χ2v) is 4.77. The summed E-state index contributed by atoms with van der Waals surface area (Å²) in [6.45, 7) is 3.81. The molecule has 1 aliphatic rings. The number of carboxylic acid groups (broad SMARTS) is 1. The van der Waals surface area contributed by atoms with Crippen LogP contribution in [0.3, 0.4) is 0 Å². The molecule has 1 N–H and O–H groups in total. The predicted molar refractivity (Wildman–Crippen MR) is 66.3 cm³/mol. The van der Waals surface area contributed by atoms with Gasteiger partial charge >= 0.3 is 5.97 Å². The number of hydrogen-bond acceptors (Lipinski definition) is 4. The first-order valence-electron chi connectivity index (χ1n) is 6.18. The van der Waals surface area contributed by atoms with Crippen LogP contribution in [0.2, 0.25) is 0 Å². The normalized spacial score (nSPS) is 26.2. The van der Waals surface area contributed by atoms with Gasteiger partial charge in [0.25, 0.3) is 0 Å². The van der Waals surface area contributed by atoms with Crippen LogP contribution in [0.5, 0.6) is 0 Å². The number of amides is 1. The zero-order chi connectivity index (χ0) is 13.7. The Morgan fingerprint density at radius 1 is 1.50 bits per heavy atom. The Bertz CT molecular complexity index is 308. The first kappa shape index (κ1) is 14.9. The summed E-state index contributed by atoms with van der Waals surface area (Å²) in [5.41, 5.74) is 0. The van der Waals surface area contributed by atoms with E-state index in [1.165, 1.54) is 4.90 Å². The number of carbonyl (C=O) groups excluding carboxylic acids is 1. The zero-order valence-electron chi connectivity index (χ0n) is 11.3. The third-order valence-corrected chi connectivity index (χ3v) is 3.37. The highest BCUT2D eigenvalue weighted by atomic mass is 16.5. The molecule has 0 radical (unpaired) electrons. The summed E-state index contributed by atoms with van der Waals surface area (Å²) in [6, 6.07) is -0.267. The summed E-state index contributed by atoms with van der Waals surface area (Å²) >= 11 is 0. The molecule has 1 fully saturated rings. The van der Waals surface area contributed by atoms with Gasteiger partial charge in [-0.25, -0.2) is 0 Å². The van der Waals surface area contributed by atoms with Gasteiger partial charge in [-0.15, -0.1) is 0 Å². The quantitative estimate of drug-likeness (QED) is 0.697. The minimum absolute atomic E-state index is 0.0174. The van der Waals surface area contributed by atoms with Crippen molar-refractivity contribution in [3.05, 3.63) is 0 Å². The molecule has 1 rings (SSSR count). The van der Waals surface area contributed by atoms with E-state index in [2.05, 4.69) is 0 Å². The number of methoxy groups -OCH3 is 1. The van der Waals surface area contributed by atoms with E-state index in [4.69, 9.17) is 9.84 Å². The van der Waals surface area contributed by atoms with Crippen LogP contribution in [-0.2, 0) is 14.3 Å². The van der Waals surface area contributed by atoms with Crippen LogP contribution < -0.4 is 0 Å². The molecule has 18 heavy (non-hydrogen) atoms. The lowest BCUT2D eigenvalue weighted by molar-refractivity contribution is -0.142. The fraction of sp³-hybridized carbons (Fsp3) is 0.833. The van der Waals surface area contributed by atoms with Crippen LogP contribution >= 0.6 is 0 Å². The highest BCUT2D eigenvalue weighted by Crippen LogP contribution is 2.15. The lowest BCUT2D eigenvalue weighted by Gasteiger charge is -2.26. The van der Waals surface area contributed by atoms with Gasteiger partial charge in [0.15, 0.2) is 0 Å². The van der Waals surface area contributed by atoms with E-state index in [0.717, 1.165) is 6.42 Å². The molecule has 0 aromatic rings. The van der Waals surface area contributed by atoms with Crippen molar-refractivity contribution in [2.24, 2.45) is 5.92 Å². The maximum absolute atomic E-state index is 12.0. The first-order valence-corrected chi connectivity index (χ1v) is 6.18. The summed E-state index contributed by atoms with van der Waals surface area (Å²) in [5, 5.41) is 9.15. The molecule has 6 nitrogen and oxygen atoms in total. The van der Waals surface area contributed by atoms with E-state index in [1.54, 1.807) is 14.2 Å². The second kappa shape index (κ2) is 6.70. The standard InChI is InChI=1S/C12H22N2O4/c1-9-11(15)13(2)7-10(12(16)17)8-14(9)5-4-6-18-3/h9-10H,4-8H2,1-3H3,(H,16,17). The number of likely N-dealkylation sites (N-methyl/N-ethyl adjacent to an activating group) is 1. The molecule has 0 spiro atoms. The summed E-state index contributed by atoms with van der Waals surface area (Å²) in [5.74, 6) is -1.39. The maximum Gasteiger partial charge on any atom is 0.309 e. The number of hydrogen-bond donors (Lipinski definition) is 1. The molecule has 0 aromatic heterocycles. The molecular weight excluding hydrogens is 236 g/mol. The van der Waals surface area contributed by atoms with E-state index in [9.17, 15) is 9.59 Å². The van der Waals surface area contributed by atoms with Gasteiger partial charge in [0.05, 0.1) is 12.0 Å². The molecule has 0 bridgehead atoms. The van der Waals surface area contributed by atoms with Gasteiger partial charge < -0.3 is 14.7 Å². The lowest BCUT2D eigenvalue weighted by atomic mass is 10.1. The molecule has 1 aliphatic heterocycles. The van der Waals surface area contributed by atoms with E-state index >= 15 is 0 Å². The van der Waals surface area contributed by atoms with E-state index in [1.807, 2.05) is 11.8 Å². The molecule has 0 saturated carbocycles. The van der Waals surface area contributed by atoms with Crippen molar-refractivity contribution in [3.63, 3.8) is 0 Å². The maximum atomic E-state index is 12.0. The van der Waals surface area contributed by atoms with Crippen LogP contribution in [0.4, 0.5) is 0 Å². The van der Waals surface area contributed by atoms with Gasteiger partial charge in [-0.05, 0) is 13.3 Å². The van der Waals surface area contributed by atoms with Crippen LogP contribution in [0.25, 0.3) is 0 Å². The lowest BCUT2D eigenvalue weighted by Crippen LogP contribution is -2.43. The Labute approximate surface area is 107 Å². The minimum Gasteiger partial charge on any atom is -0.481 e. The molecule has 104 valence electrons. The Hall–Kier alpha value is -1.14. The molecule has 2 unspecified atom stereocenters. The molecular formula is C12H22N2O4. The Balaban J connectivity index is 2.72. The van der Waals surface area contributed by atoms with Crippen LogP contribution in [0.15, 0.2) is 0 Å². The number of carboxylic acids is 1. The average molecular weight is 258 g/mol. The van der Waals surface area contributed by atoms with Gasteiger partial charge in [0.1, 0.15) is 0 Å². The van der Waals surface area contributed by atoms with Crippen LogP contribution in [-0.4, -0.2) is 73.2 Å². The molecule has 2 atom stereocenters. The highest BCUT2D eigenvalue weighted by molar-refractivity contribution is 5.82. The predicted octanol–water partition coefficient (Wildman–Crippen LogP) is -0.114. The van der Waals surface area contributed by atoms with Crippen molar-refractivity contribution in [1.29, 1.82) is 0 Å². The zero-order valence-corrected chi connectivity index (χ0v) is 11.3. The fourth-order valence-corrected chi connectivity index (χ4v) is 2.25. The number of nitrogens with zero attached hydrogens (tertiary/aromatic N) is 2. The molecule has 0 aromatic carbocycles. The Morgan fingerprint density at radius 3 is 2.72 bits per heavy atom. The molecule has 6 heteroatoms. The Morgan fingerprint density at radius 2 is 2.17 bits per heavy atom. The number of ether oxygens (including phenoxy) is 1. The average Bonchev–Trinajstić information content (AvgIpc) is 2.43. The monoisotopic (exact) mass is 258 g/mol. The molecule has 1 amide bonds. The van der Waals surface area contributed by atoms with Gasteiger partial charge in [-0.1, -0.05) is 0 Å². The molecule has 1 saturated heterocycles. The largest absolute Gasteiger partial charge is 0.481 e. The van der Waals surface area contributed by atoms with Crippen molar-refractivity contribution in [2.75, 3.05) is 40.4 Å². The summed E-state index contributed by atoms with van der Waals surface area (Å²) in [7, 11) is 3.29. The summed E-state index contributed by atoms with van der Waals surface area (Å²) < 4.78 is 4.98. The topological polar surface area (TPSA) is 70.1 Å². The third-order valence-electron chi connectivity index (χ3n) is 3.37. The fourth-order valence-electron chi connectivity index (χ4n) is 2.25. The van der Waals surface area contributed by atoms with Crippen molar-refractivity contribution < 1.29 is 19.4 Å². The SMILES string of the molecule is COCCCN1CC(C(=O)O)CN(C)C(=O)C1C. The minimum atomic E-state index is -0.847.